The van der Waals surface area contributed by atoms with E-state index in [1.54, 1.807) is 18.3 Å². The van der Waals surface area contributed by atoms with E-state index < -0.39 is 0 Å². The van der Waals surface area contributed by atoms with Gasteiger partial charge in [-0.15, -0.1) is 0 Å². The van der Waals surface area contributed by atoms with Crippen molar-refractivity contribution in [1.82, 2.24) is 9.97 Å². The lowest BCUT2D eigenvalue weighted by atomic mass is 10.1. The van der Waals surface area contributed by atoms with Crippen LogP contribution in [0.25, 0.3) is 10.9 Å². The summed E-state index contributed by atoms with van der Waals surface area (Å²) in [7, 11) is 0. The zero-order chi connectivity index (χ0) is 14.3. The summed E-state index contributed by atoms with van der Waals surface area (Å²) in [5.41, 5.74) is 10.4. The summed E-state index contributed by atoms with van der Waals surface area (Å²) in [4.78, 5) is 7.23. The number of nitrogens with one attached hydrogen (secondary N) is 1. The first-order valence-corrected chi connectivity index (χ1v) is 6.33. The average molecular weight is 267 g/mol. The number of benzene rings is 1. The number of rotatable bonds is 2. The number of nitrogens with two attached hydrogens (primary N) is 1. The lowest BCUT2D eigenvalue weighted by molar-refractivity contribution is 1.24. The van der Waals surface area contributed by atoms with Crippen molar-refractivity contribution in [3.63, 3.8) is 0 Å². The first-order chi connectivity index (χ1) is 9.58. The summed E-state index contributed by atoms with van der Waals surface area (Å²) in [5, 5.41) is 14.3. The quantitative estimate of drug-likeness (QED) is 0.697. The van der Waals surface area contributed by atoms with Gasteiger partial charge in [-0.3, -0.25) is 4.98 Å². The van der Waals surface area contributed by atoms with Crippen LogP contribution < -0.4 is 10.8 Å². The van der Waals surface area contributed by atoms with Crippen LogP contribution in [0.2, 0.25) is 0 Å². The second-order valence-corrected chi connectivity index (χ2v) is 4.83. The van der Waals surface area contributed by atoms with Crippen LogP contribution in [0.1, 0.15) is 11.3 Å². The molecule has 3 N–H and O–H groups in total. The molecule has 0 saturated carbocycles. The number of aromatic amines is 1. The maximum absolute atomic E-state index is 12.4. The van der Waals surface area contributed by atoms with Gasteiger partial charge in [-0.1, -0.05) is 0 Å². The largest absolute Gasteiger partial charge is 0.754 e. The van der Waals surface area contributed by atoms with Crippen molar-refractivity contribution < 1.29 is 0 Å². The molecule has 102 valence electrons. The Morgan fingerprint density at radius 2 is 2.05 bits per heavy atom. The number of nitrogens with zero attached hydrogens (tertiary/aromatic N) is 2. The third-order valence-corrected chi connectivity index (χ3v) is 3.58. The molecule has 0 aliphatic carbocycles. The Kier molecular flexibility index (Phi) is 2.84. The topological polar surface area (TPSA) is 81.0 Å². The summed E-state index contributed by atoms with van der Waals surface area (Å²) in [6.07, 6.45) is 3.04. The van der Waals surface area contributed by atoms with Crippen molar-refractivity contribution in [1.29, 1.82) is 0 Å². The van der Waals surface area contributed by atoms with Crippen molar-refractivity contribution in [2.45, 2.75) is 13.8 Å². The lowest BCUT2D eigenvalue weighted by Crippen LogP contribution is -2.09. The van der Waals surface area contributed by atoms with Gasteiger partial charge >= 0.3 is 0 Å². The van der Waals surface area contributed by atoms with Crippen molar-refractivity contribution in [3.8, 4) is 0 Å². The second kappa shape index (κ2) is 4.54. The van der Waals surface area contributed by atoms with E-state index in [1.807, 2.05) is 26.0 Å². The zero-order valence-corrected chi connectivity index (χ0v) is 11.3. The molecular formula is C15H15N4O-. The zero-order valence-electron chi connectivity index (χ0n) is 11.3. The number of hydrogen-bond donors (Lipinski definition) is 2. The van der Waals surface area contributed by atoms with Crippen LogP contribution in [0.4, 0.5) is 17.1 Å². The summed E-state index contributed by atoms with van der Waals surface area (Å²) >= 11 is 0. The molecule has 0 atom stereocenters. The number of aryl methyl sites for hydroxylation is 2. The number of fused-ring (bicyclic) bond motifs is 1. The van der Waals surface area contributed by atoms with Gasteiger partial charge in [0.1, 0.15) is 0 Å². The fraction of sp³-hybridized carbons (Fsp3) is 0.133. The van der Waals surface area contributed by atoms with Gasteiger partial charge in [0, 0.05) is 28.5 Å². The lowest BCUT2D eigenvalue weighted by Gasteiger charge is -2.31. The van der Waals surface area contributed by atoms with E-state index in [9.17, 15) is 5.21 Å². The average Bonchev–Trinajstić information content (AvgIpc) is 2.74. The Balaban J connectivity index is 2.10. The van der Waals surface area contributed by atoms with Crippen LogP contribution >= 0.6 is 0 Å². The first-order valence-electron chi connectivity index (χ1n) is 6.33. The number of H-pyrrole nitrogens is 1. The summed E-state index contributed by atoms with van der Waals surface area (Å²) in [6.45, 7) is 4.05. The van der Waals surface area contributed by atoms with E-state index in [0.717, 1.165) is 27.2 Å². The van der Waals surface area contributed by atoms with E-state index in [4.69, 9.17) is 5.73 Å². The maximum atomic E-state index is 12.4. The fourth-order valence-corrected chi connectivity index (χ4v) is 2.28. The minimum Gasteiger partial charge on any atom is -0.754 e. The SMILES string of the molecule is Cc1[nH]c2ccc(N([O-])c3cnccc3N)cc2c1C. The summed E-state index contributed by atoms with van der Waals surface area (Å²) in [6, 6.07) is 7.16. The van der Waals surface area contributed by atoms with Gasteiger partial charge in [0.2, 0.25) is 0 Å². The number of nitrogen functional groups attached to an aromatic ring is 1. The number of hydrogen-bond acceptors (Lipinski definition) is 4. The van der Waals surface area contributed by atoms with Crippen LogP contribution in [-0.4, -0.2) is 9.97 Å². The van der Waals surface area contributed by atoms with Crippen molar-refractivity contribution in [3.05, 3.63) is 53.1 Å². The van der Waals surface area contributed by atoms with Gasteiger partial charge in [-0.2, -0.15) is 0 Å². The van der Waals surface area contributed by atoms with Crippen LogP contribution in [0.3, 0.4) is 0 Å². The second-order valence-electron chi connectivity index (χ2n) is 4.83. The molecule has 5 nitrogen and oxygen atoms in total. The van der Waals surface area contributed by atoms with E-state index in [2.05, 4.69) is 9.97 Å². The minimum absolute atomic E-state index is 0.358. The molecule has 5 heteroatoms. The highest BCUT2D eigenvalue weighted by atomic mass is 16.5. The fourth-order valence-electron chi connectivity index (χ4n) is 2.28. The molecule has 1 aromatic carbocycles. The Morgan fingerprint density at radius 3 is 2.80 bits per heavy atom. The van der Waals surface area contributed by atoms with Gasteiger partial charge in [0.05, 0.1) is 17.6 Å². The predicted octanol–water partition coefficient (Wildman–Crippen LogP) is 3.40. The molecule has 0 spiro atoms. The molecule has 0 unspecified atom stereocenters. The minimum atomic E-state index is 0.358. The maximum Gasteiger partial charge on any atom is 0.0723 e. The van der Waals surface area contributed by atoms with Gasteiger partial charge in [0.15, 0.2) is 0 Å². The molecule has 3 aromatic rings. The molecule has 2 aromatic heterocycles. The van der Waals surface area contributed by atoms with Gasteiger partial charge < -0.3 is 21.0 Å². The van der Waals surface area contributed by atoms with Crippen LogP contribution in [0.15, 0.2) is 36.7 Å². The highest BCUT2D eigenvalue weighted by Crippen LogP contribution is 2.32. The standard InChI is InChI=1S/C15H15N4O/c1-9-10(2)18-14-4-3-11(7-12(9)14)19(20)15-8-17-6-5-13(15)16/h3-8,18H,1-2H3,(H2,16,17)/q-1. The number of anilines is 3. The normalized spacial score (nSPS) is 10.9. The van der Waals surface area contributed by atoms with E-state index in [1.165, 1.54) is 6.20 Å². The predicted molar refractivity (Wildman–Crippen MR) is 81.9 cm³/mol. The smallest absolute Gasteiger partial charge is 0.0723 e. The Morgan fingerprint density at radius 1 is 1.25 bits per heavy atom. The Hall–Kier alpha value is -2.53. The van der Waals surface area contributed by atoms with Gasteiger partial charge in [0.25, 0.3) is 0 Å². The molecule has 0 fully saturated rings. The first kappa shape index (κ1) is 12.5. The van der Waals surface area contributed by atoms with Crippen molar-refractivity contribution in [2.75, 3.05) is 10.8 Å². The molecule has 0 aliphatic rings. The van der Waals surface area contributed by atoms with Crippen molar-refractivity contribution in [2.24, 2.45) is 0 Å². The number of pyridine rings is 1. The van der Waals surface area contributed by atoms with E-state index in [-0.39, 0.29) is 0 Å². The van der Waals surface area contributed by atoms with Gasteiger partial charge in [-0.05, 0) is 43.7 Å². The third-order valence-electron chi connectivity index (χ3n) is 3.58. The Bertz CT molecular complexity index is 779. The Labute approximate surface area is 116 Å². The molecular weight excluding hydrogens is 252 g/mol. The summed E-state index contributed by atoms with van der Waals surface area (Å²) in [5.74, 6) is 0. The molecule has 0 saturated heterocycles. The summed E-state index contributed by atoms with van der Waals surface area (Å²) < 4.78 is 0. The molecule has 20 heavy (non-hydrogen) atoms. The van der Waals surface area contributed by atoms with E-state index in [0.29, 0.717) is 17.1 Å². The molecule has 2 heterocycles. The van der Waals surface area contributed by atoms with Gasteiger partial charge in [-0.25, -0.2) is 0 Å². The molecule has 3 rings (SSSR count). The molecule has 0 radical (unpaired) electrons. The highest BCUT2D eigenvalue weighted by Gasteiger charge is 2.08. The van der Waals surface area contributed by atoms with Crippen LogP contribution in [0, 0.1) is 19.1 Å². The molecule has 0 amide bonds. The van der Waals surface area contributed by atoms with Crippen LogP contribution in [-0.2, 0) is 0 Å². The number of aromatic nitrogens is 2. The molecule has 0 bridgehead atoms. The third kappa shape index (κ3) is 1.88. The van der Waals surface area contributed by atoms with Crippen molar-refractivity contribution >= 4 is 28.0 Å². The van der Waals surface area contributed by atoms with E-state index >= 15 is 0 Å². The molecule has 0 aliphatic heterocycles. The monoisotopic (exact) mass is 267 g/mol. The van der Waals surface area contributed by atoms with Crippen LogP contribution in [0.5, 0.6) is 0 Å². The highest BCUT2D eigenvalue weighted by molar-refractivity contribution is 5.89.